The largest absolute Gasteiger partial charge is 0.381 e. The van der Waals surface area contributed by atoms with E-state index in [4.69, 9.17) is 4.74 Å². The van der Waals surface area contributed by atoms with Gasteiger partial charge in [0, 0.05) is 39.7 Å². The number of rotatable bonds is 10. The summed E-state index contributed by atoms with van der Waals surface area (Å²) in [5, 5.41) is 3.48. The van der Waals surface area contributed by atoms with E-state index in [1.165, 1.54) is 51.4 Å². The average Bonchev–Trinajstić information content (AvgIpc) is 2.98. The first-order chi connectivity index (χ1) is 10.3. The second-order valence-electron chi connectivity index (χ2n) is 6.21. The smallest absolute Gasteiger partial charge is 0.193 e. The van der Waals surface area contributed by atoms with Crippen LogP contribution in [0.4, 0.5) is 0 Å². The number of nitrogens with one attached hydrogen (secondary N) is 1. The molecule has 0 aliphatic carbocycles. The van der Waals surface area contributed by atoms with Crippen molar-refractivity contribution in [1.29, 1.82) is 0 Å². The Bertz CT molecular complexity index is 275. The Kier molecular flexibility index (Phi) is 10.3. The van der Waals surface area contributed by atoms with Gasteiger partial charge in [-0.2, -0.15) is 0 Å². The molecule has 1 rings (SSSR count). The Morgan fingerprint density at radius 2 is 1.90 bits per heavy atom. The van der Waals surface area contributed by atoms with Crippen LogP contribution < -0.4 is 5.32 Å². The zero-order chi connectivity index (χ0) is 15.3. The van der Waals surface area contributed by atoms with E-state index < -0.39 is 0 Å². The summed E-state index contributed by atoms with van der Waals surface area (Å²) in [4.78, 5) is 6.62. The minimum atomic E-state index is 0.659. The maximum absolute atomic E-state index is 5.44. The summed E-state index contributed by atoms with van der Waals surface area (Å²) in [6.45, 7) is 6.16. The number of hydrogen-bond donors (Lipinski definition) is 1. The molecule has 1 heterocycles. The summed E-state index contributed by atoms with van der Waals surface area (Å²) in [5.41, 5.74) is 0. The highest BCUT2D eigenvalue weighted by Gasteiger charge is 2.18. The second-order valence-corrected chi connectivity index (χ2v) is 6.21. The highest BCUT2D eigenvalue weighted by molar-refractivity contribution is 5.79. The van der Waals surface area contributed by atoms with Crippen LogP contribution in [0, 0.1) is 5.92 Å². The first-order valence-corrected chi connectivity index (χ1v) is 8.77. The van der Waals surface area contributed by atoms with E-state index >= 15 is 0 Å². The van der Waals surface area contributed by atoms with Crippen LogP contribution in [0.25, 0.3) is 0 Å². The standard InChI is InChI=1S/C17H35N3O/c1-4-5-6-7-8-9-10-12-19-17(18-2)20(3)14-16-11-13-21-15-16/h16H,4-15H2,1-3H3,(H,18,19). The fraction of sp³-hybridized carbons (Fsp3) is 0.941. The number of ether oxygens (including phenoxy) is 1. The van der Waals surface area contributed by atoms with Crippen LogP contribution in [0.2, 0.25) is 0 Å². The van der Waals surface area contributed by atoms with Crippen molar-refractivity contribution >= 4 is 5.96 Å². The van der Waals surface area contributed by atoms with E-state index in [0.717, 1.165) is 32.3 Å². The Morgan fingerprint density at radius 1 is 1.19 bits per heavy atom. The van der Waals surface area contributed by atoms with Crippen LogP contribution in [0.3, 0.4) is 0 Å². The average molecular weight is 297 g/mol. The van der Waals surface area contributed by atoms with Gasteiger partial charge in [-0.3, -0.25) is 4.99 Å². The first kappa shape index (κ1) is 18.3. The Balaban J connectivity index is 2.05. The molecule has 0 aromatic rings. The minimum Gasteiger partial charge on any atom is -0.381 e. The molecular formula is C17H35N3O. The van der Waals surface area contributed by atoms with Gasteiger partial charge in [0.2, 0.25) is 0 Å². The van der Waals surface area contributed by atoms with Gasteiger partial charge in [0.05, 0.1) is 6.61 Å². The highest BCUT2D eigenvalue weighted by Crippen LogP contribution is 2.13. The molecule has 21 heavy (non-hydrogen) atoms. The van der Waals surface area contributed by atoms with Gasteiger partial charge < -0.3 is 15.0 Å². The van der Waals surface area contributed by atoms with Gasteiger partial charge in [0.1, 0.15) is 0 Å². The Hall–Kier alpha value is -0.770. The molecule has 1 atom stereocenters. The zero-order valence-corrected chi connectivity index (χ0v) is 14.4. The molecule has 0 radical (unpaired) electrons. The normalized spacial score (nSPS) is 19.0. The lowest BCUT2D eigenvalue weighted by atomic mass is 10.1. The number of nitrogens with zero attached hydrogens (tertiary/aromatic N) is 2. The summed E-state index contributed by atoms with van der Waals surface area (Å²) < 4.78 is 5.44. The molecule has 124 valence electrons. The molecule has 1 fully saturated rings. The predicted octanol–water partition coefficient (Wildman–Crippen LogP) is 3.28. The maximum Gasteiger partial charge on any atom is 0.193 e. The minimum absolute atomic E-state index is 0.659. The van der Waals surface area contributed by atoms with Crippen LogP contribution in [0.1, 0.15) is 58.3 Å². The molecule has 1 unspecified atom stereocenters. The first-order valence-electron chi connectivity index (χ1n) is 8.77. The van der Waals surface area contributed by atoms with Crippen molar-refractivity contribution in [2.45, 2.75) is 58.3 Å². The third-order valence-corrected chi connectivity index (χ3v) is 4.19. The SMILES string of the molecule is CCCCCCCCCNC(=NC)N(C)CC1CCOC1. The van der Waals surface area contributed by atoms with Crippen LogP contribution in [-0.2, 0) is 4.74 Å². The molecular weight excluding hydrogens is 262 g/mol. The molecule has 4 heteroatoms. The van der Waals surface area contributed by atoms with E-state index in [1.807, 2.05) is 7.05 Å². The fourth-order valence-electron chi connectivity index (χ4n) is 2.87. The predicted molar refractivity (Wildman–Crippen MR) is 90.9 cm³/mol. The number of unbranched alkanes of at least 4 members (excludes halogenated alkanes) is 6. The Labute approximate surface area is 131 Å². The third-order valence-electron chi connectivity index (χ3n) is 4.19. The van der Waals surface area contributed by atoms with E-state index in [-0.39, 0.29) is 0 Å². The Morgan fingerprint density at radius 3 is 2.52 bits per heavy atom. The van der Waals surface area contributed by atoms with Crippen molar-refractivity contribution in [3.05, 3.63) is 0 Å². The molecule has 1 aliphatic heterocycles. The highest BCUT2D eigenvalue weighted by atomic mass is 16.5. The van der Waals surface area contributed by atoms with E-state index in [2.05, 4.69) is 29.2 Å². The van der Waals surface area contributed by atoms with Gasteiger partial charge in [0.25, 0.3) is 0 Å². The topological polar surface area (TPSA) is 36.9 Å². The summed E-state index contributed by atoms with van der Waals surface area (Å²) >= 11 is 0. The molecule has 0 aromatic heterocycles. The van der Waals surface area contributed by atoms with Crippen molar-refractivity contribution < 1.29 is 4.74 Å². The van der Waals surface area contributed by atoms with Crippen molar-refractivity contribution in [2.24, 2.45) is 10.9 Å². The van der Waals surface area contributed by atoms with E-state index in [1.54, 1.807) is 0 Å². The molecule has 0 bridgehead atoms. The van der Waals surface area contributed by atoms with Gasteiger partial charge in [-0.25, -0.2) is 0 Å². The van der Waals surface area contributed by atoms with Crippen molar-refractivity contribution in [2.75, 3.05) is 40.4 Å². The molecule has 1 N–H and O–H groups in total. The quantitative estimate of drug-likeness (QED) is 0.382. The van der Waals surface area contributed by atoms with Crippen LogP contribution >= 0.6 is 0 Å². The summed E-state index contributed by atoms with van der Waals surface area (Å²) in [6.07, 6.45) is 10.6. The lowest BCUT2D eigenvalue weighted by Gasteiger charge is -2.24. The number of guanidine groups is 1. The van der Waals surface area contributed by atoms with Crippen LogP contribution in [-0.4, -0.2) is 51.3 Å². The molecule has 4 nitrogen and oxygen atoms in total. The molecule has 0 amide bonds. The number of hydrogen-bond acceptors (Lipinski definition) is 2. The fourth-order valence-corrected chi connectivity index (χ4v) is 2.87. The third kappa shape index (κ3) is 8.30. The summed E-state index contributed by atoms with van der Waals surface area (Å²) in [7, 11) is 3.99. The summed E-state index contributed by atoms with van der Waals surface area (Å²) in [5.74, 6) is 1.68. The van der Waals surface area contributed by atoms with Gasteiger partial charge in [-0.15, -0.1) is 0 Å². The van der Waals surface area contributed by atoms with E-state index in [9.17, 15) is 0 Å². The maximum atomic E-state index is 5.44. The lowest BCUT2D eigenvalue weighted by Crippen LogP contribution is -2.41. The second kappa shape index (κ2) is 11.8. The van der Waals surface area contributed by atoms with Crippen molar-refractivity contribution in [1.82, 2.24) is 10.2 Å². The van der Waals surface area contributed by atoms with Crippen molar-refractivity contribution in [3.8, 4) is 0 Å². The summed E-state index contributed by atoms with van der Waals surface area (Å²) in [6, 6.07) is 0. The van der Waals surface area contributed by atoms with Gasteiger partial charge in [-0.05, 0) is 12.8 Å². The molecule has 1 saturated heterocycles. The lowest BCUT2D eigenvalue weighted by molar-refractivity contribution is 0.181. The zero-order valence-electron chi connectivity index (χ0n) is 14.4. The molecule has 0 saturated carbocycles. The molecule has 1 aliphatic rings. The molecule has 0 aromatic carbocycles. The molecule has 0 spiro atoms. The van der Waals surface area contributed by atoms with Crippen LogP contribution in [0.5, 0.6) is 0 Å². The monoisotopic (exact) mass is 297 g/mol. The van der Waals surface area contributed by atoms with Crippen LogP contribution in [0.15, 0.2) is 4.99 Å². The van der Waals surface area contributed by atoms with Gasteiger partial charge >= 0.3 is 0 Å². The van der Waals surface area contributed by atoms with E-state index in [0.29, 0.717) is 5.92 Å². The van der Waals surface area contributed by atoms with Gasteiger partial charge in [0.15, 0.2) is 5.96 Å². The van der Waals surface area contributed by atoms with Gasteiger partial charge in [-0.1, -0.05) is 45.4 Å². The van der Waals surface area contributed by atoms with Crippen molar-refractivity contribution in [3.63, 3.8) is 0 Å². The number of aliphatic imine (C=N–C) groups is 1.